The number of rotatable bonds is 4. The van der Waals surface area contributed by atoms with Crippen LogP contribution in [0.5, 0.6) is 5.75 Å². The number of aliphatic hydroxyl groups is 1. The highest BCUT2D eigenvalue weighted by Gasteiger charge is 2.45. The van der Waals surface area contributed by atoms with Crippen molar-refractivity contribution >= 4 is 12.0 Å². The molecule has 0 spiro atoms. The van der Waals surface area contributed by atoms with Gasteiger partial charge in [-0.15, -0.1) is 0 Å². The minimum Gasteiger partial charge on any atom is -0.485 e. The molecule has 0 saturated carbocycles. The Morgan fingerprint density at radius 3 is 2.76 bits per heavy atom. The van der Waals surface area contributed by atoms with Crippen LogP contribution < -0.4 is 10.1 Å². The van der Waals surface area contributed by atoms with Gasteiger partial charge in [0.2, 0.25) is 5.91 Å². The molecule has 0 bridgehead atoms. The first-order valence-electron chi connectivity index (χ1n) is 11.0. The monoisotopic (exact) mass is 449 g/mol. The van der Waals surface area contributed by atoms with Gasteiger partial charge in [-0.25, -0.2) is 4.79 Å². The molecule has 1 fully saturated rings. The number of carbonyl (C=O) groups is 2. The van der Waals surface area contributed by atoms with Gasteiger partial charge < -0.3 is 19.9 Å². The lowest BCUT2D eigenvalue weighted by atomic mass is 9.85. The van der Waals surface area contributed by atoms with Crippen LogP contribution in [0.15, 0.2) is 48.5 Å². The van der Waals surface area contributed by atoms with Gasteiger partial charge in [-0.05, 0) is 50.5 Å². The molecule has 2 aromatic carbocycles. The van der Waals surface area contributed by atoms with Crippen molar-refractivity contribution in [1.82, 2.24) is 10.2 Å². The summed E-state index contributed by atoms with van der Waals surface area (Å²) in [5, 5.41) is 23.1. The number of nitriles is 1. The van der Waals surface area contributed by atoms with Crippen LogP contribution in [0, 0.1) is 11.3 Å². The molecule has 1 saturated heterocycles. The largest absolute Gasteiger partial charge is 0.485 e. The van der Waals surface area contributed by atoms with Gasteiger partial charge in [-0.3, -0.25) is 9.69 Å². The minimum atomic E-state index is -1.05. The van der Waals surface area contributed by atoms with E-state index >= 15 is 0 Å². The van der Waals surface area contributed by atoms with Crippen LogP contribution in [-0.4, -0.2) is 46.3 Å². The third-order valence-electron chi connectivity index (χ3n) is 6.17. The maximum atomic E-state index is 13.2. The van der Waals surface area contributed by atoms with E-state index in [0.717, 1.165) is 5.56 Å². The van der Waals surface area contributed by atoms with E-state index in [1.807, 2.05) is 30.3 Å². The van der Waals surface area contributed by atoms with Crippen molar-refractivity contribution in [3.63, 3.8) is 0 Å². The second kappa shape index (κ2) is 9.12. The summed E-state index contributed by atoms with van der Waals surface area (Å²) in [7, 11) is 0. The van der Waals surface area contributed by atoms with Gasteiger partial charge in [0, 0.05) is 12.1 Å². The average Bonchev–Trinajstić information content (AvgIpc) is 3.31. The second-order valence-electron chi connectivity index (χ2n) is 8.89. The predicted octanol–water partition coefficient (Wildman–Crippen LogP) is 3.05. The number of carbonyl (C=O) groups excluding carboxylic acids is 2. The molecule has 3 atom stereocenters. The Kier molecular flexibility index (Phi) is 6.25. The van der Waals surface area contributed by atoms with Gasteiger partial charge in [0.25, 0.3) is 0 Å². The van der Waals surface area contributed by atoms with Crippen molar-refractivity contribution in [1.29, 1.82) is 5.26 Å². The number of amides is 2. The maximum Gasteiger partial charge on any atom is 0.410 e. The van der Waals surface area contributed by atoms with Gasteiger partial charge in [-0.1, -0.05) is 30.3 Å². The van der Waals surface area contributed by atoms with E-state index < -0.39 is 29.9 Å². The van der Waals surface area contributed by atoms with Crippen molar-refractivity contribution in [3.8, 4) is 11.8 Å². The van der Waals surface area contributed by atoms with Crippen molar-refractivity contribution in [2.24, 2.45) is 0 Å². The van der Waals surface area contributed by atoms with Crippen molar-refractivity contribution in [3.05, 3.63) is 65.2 Å². The highest BCUT2D eigenvalue weighted by atomic mass is 16.6. The summed E-state index contributed by atoms with van der Waals surface area (Å²) in [6, 6.07) is 14.8. The summed E-state index contributed by atoms with van der Waals surface area (Å²) in [5.74, 6) is 0.124. The van der Waals surface area contributed by atoms with E-state index in [1.54, 1.807) is 32.0 Å². The summed E-state index contributed by atoms with van der Waals surface area (Å²) in [6.07, 6.45) is -0.422. The molecular formula is C25H27N3O5. The van der Waals surface area contributed by atoms with Crippen LogP contribution in [-0.2, 0) is 16.1 Å². The molecule has 0 radical (unpaired) electrons. The van der Waals surface area contributed by atoms with E-state index in [9.17, 15) is 20.0 Å². The minimum absolute atomic E-state index is 0.127. The molecule has 33 heavy (non-hydrogen) atoms. The zero-order valence-electron chi connectivity index (χ0n) is 18.7. The molecular weight excluding hydrogens is 422 g/mol. The third kappa shape index (κ3) is 4.64. The Labute approximate surface area is 192 Å². The molecule has 1 unspecified atom stereocenters. The van der Waals surface area contributed by atoms with E-state index in [2.05, 4.69) is 11.4 Å². The maximum absolute atomic E-state index is 13.2. The van der Waals surface area contributed by atoms with Crippen LogP contribution in [0.2, 0.25) is 0 Å². The van der Waals surface area contributed by atoms with Crippen LogP contribution in [0.3, 0.4) is 0 Å². The lowest BCUT2D eigenvalue weighted by Crippen LogP contribution is -2.56. The lowest BCUT2D eigenvalue weighted by Gasteiger charge is -2.42. The molecule has 4 rings (SSSR count). The van der Waals surface area contributed by atoms with Crippen LogP contribution in [0.25, 0.3) is 0 Å². The Bertz CT molecular complexity index is 1080. The first-order chi connectivity index (χ1) is 15.8. The third-order valence-corrected chi connectivity index (χ3v) is 6.17. The fourth-order valence-corrected chi connectivity index (χ4v) is 4.34. The molecule has 2 amide bonds. The van der Waals surface area contributed by atoms with Crippen molar-refractivity contribution in [2.45, 2.75) is 57.1 Å². The number of hydrogen-bond donors (Lipinski definition) is 2. The Morgan fingerprint density at radius 2 is 2.03 bits per heavy atom. The molecule has 172 valence electrons. The van der Waals surface area contributed by atoms with E-state index in [4.69, 9.17) is 9.47 Å². The molecule has 0 aliphatic carbocycles. The summed E-state index contributed by atoms with van der Waals surface area (Å²) < 4.78 is 11.3. The number of hydrogen-bond acceptors (Lipinski definition) is 6. The van der Waals surface area contributed by atoms with E-state index in [0.29, 0.717) is 36.3 Å². The summed E-state index contributed by atoms with van der Waals surface area (Å²) in [6.45, 7) is 4.02. The first kappa shape index (κ1) is 22.6. The molecule has 2 aliphatic heterocycles. The summed E-state index contributed by atoms with van der Waals surface area (Å²) >= 11 is 0. The quantitative estimate of drug-likeness (QED) is 0.742. The normalized spacial score (nSPS) is 23.1. The van der Waals surface area contributed by atoms with Crippen molar-refractivity contribution in [2.75, 3.05) is 6.54 Å². The summed E-state index contributed by atoms with van der Waals surface area (Å²) in [4.78, 5) is 27.4. The second-order valence-corrected chi connectivity index (χ2v) is 8.89. The Hall–Kier alpha value is -3.57. The van der Waals surface area contributed by atoms with Gasteiger partial charge in [-0.2, -0.15) is 5.26 Å². The molecule has 8 nitrogen and oxygen atoms in total. The molecule has 2 aliphatic rings. The molecule has 0 aromatic heterocycles. The zero-order chi connectivity index (χ0) is 23.6. The smallest absolute Gasteiger partial charge is 0.410 e. The molecule has 2 heterocycles. The fraction of sp³-hybridized carbons (Fsp3) is 0.400. The van der Waals surface area contributed by atoms with Crippen molar-refractivity contribution < 1.29 is 24.2 Å². The van der Waals surface area contributed by atoms with E-state index in [-0.39, 0.29) is 12.5 Å². The Morgan fingerprint density at radius 1 is 1.27 bits per heavy atom. The highest BCUT2D eigenvalue weighted by Crippen LogP contribution is 2.40. The van der Waals surface area contributed by atoms with E-state index in [1.165, 1.54) is 4.90 Å². The number of ether oxygens (including phenoxy) is 2. The number of likely N-dealkylation sites (tertiary alicyclic amines) is 1. The molecule has 2 aromatic rings. The number of nitrogens with zero attached hydrogens (tertiary/aromatic N) is 2. The predicted molar refractivity (Wildman–Crippen MR) is 119 cm³/mol. The van der Waals surface area contributed by atoms with Gasteiger partial charge in [0.1, 0.15) is 30.1 Å². The number of nitrogens with one attached hydrogen (secondary N) is 1. The number of benzene rings is 2. The van der Waals surface area contributed by atoms with Crippen LogP contribution >= 0.6 is 0 Å². The Balaban J connectivity index is 1.49. The molecule has 2 N–H and O–H groups in total. The number of aliphatic hydroxyl groups excluding tert-OH is 1. The first-order valence-corrected chi connectivity index (χ1v) is 11.0. The fourth-order valence-electron chi connectivity index (χ4n) is 4.34. The van der Waals surface area contributed by atoms with Gasteiger partial charge >= 0.3 is 6.09 Å². The van der Waals surface area contributed by atoms with Crippen LogP contribution in [0.1, 0.15) is 49.4 Å². The zero-order valence-corrected chi connectivity index (χ0v) is 18.7. The van der Waals surface area contributed by atoms with Gasteiger partial charge in [0.15, 0.2) is 0 Å². The van der Waals surface area contributed by atoms with Crippen LogP contribution in [0.4, 0.5) is 4.79 Å². The van der Waals surface area contributed by atoms with Gasteiger partial charge in [0.05, 0.1) is 17.7 Å². The number of fused-ring (bicyclic) bond motifs is 1. The lowest BCUT2D eigenvalue weighted by molar-refractivity contribution is -0.129. The molecule has 8 heteroatoms. The average molecular weight is 450 g/mol. The topological polar surface area (TPSA) is 112 Å². The standard InChI is InChI=1S/C25H27N3O5/c1-25(2)22(29)21(18-13-17(14-26)10-11-20(18)33-25)27-23(30)19-9-6-12-28(19)24(31)32-15-16-7-4-3-5-8-16/h3-5,7-8,10-11,13,19,21-22,29H,6,9,12,15H2,1-2H3,(H,27,30)/t19?,21-,22+/m1/s1. The SMILES string of the molecule is CC1(C)Oc2ccc(C#N)cc2[C@@H](NC(=O)C2CCCN2C(=O)OCc2ccccc2)[C@@H]1O. The highest BCUT2D eigenvalue weighted by molar-refractivity contribution is 5.86. The summed E-state index contributed by atoms with van der Waals surface area (Å²) in [5.41, 5.74) is 0.840.